The highest BCUT2D eigenvalue weighted by atomic mass is 16.5. The van der Waals surface area contributed by atoms with Crippen molar-refractivity contribution in [3.05, 3.63) is 35.0 Å². The maximum atomic E-state index is 12.6. The number of rotatable bonds is 4. The van der Waals surface area contributed by atoms with Crippen molar-refractivity contribution in [3.63, 3.8) is 0 Å². The van der Waals surface area contributed by atoms with Gasteiger partial charge in [-0.05, 0) is 105 Å². The molecule has 4 fully saturated rings. The van der Waals surface area contributed by atoms with Crippen LogP contribution in [-0.2, 0) is 22.4 Å². The molecule has 34 heavy (non-hydrogen) atoms. The fourth-order valence-electron chi connectivity index (χ4n) is 7.63. The number of urea groups is 1. The van der Waals surface area contributed by atoms with E-state index in [0.29, 0.717) is 29.2 Å². The van der Waals surface area contributed by atoms with Crippen LogP contribution in [0.15, 0.2) is 18.2 Å². The summed E-state index contributed by atoms with van der Waals surface area (Å²) in [5.41, 5.74) is 3.80. The molecule has 1 aromatic heterocycles. The van der Waals surface area contributed by atoms with Gasteiger partial charge in [0.2, 0.25) is 0 Å². The van der Waals surface area contributed by atoms with Crippen molar-refractivity contribution in [2.75, 3.05) is 6.61 Å². The number of aromatic amines is 1. The van der Waals surface area contributed by atoms with Gasteiger partial charge in [0.15, 0.2) is 6.61 Å². The first-order valence-electron chi connectivity index (χ1n) is 12.8. The molecule has 1 aromatic carbocycles. The minimum Gasteiger partial charge on any atom is -0.452 e. The largest absolute Gasteiger partial charge is 0.452 e. The van der Waals surface area contributed by atoms with Crippen LogP contribution < -0.4 is 10.6 Å². The topological polar surface area (TPSA) is 100 Å². The molecule has 0 unspecified atom stereocenters. The number of hydrogen-bond acceptors (Lipinski definition) is 4. The zero-order valence-corrected chi connectivity index (χ0v) is 19.7. The van der Waals surface area contributed by atoms with E-state index in [1.807, 2.05) is 12.1 Å². The number of fused-ring (bicyclic) bond motifs is 3. The van der Waals surface area contributed by atoms with Crippen LogP contribution >= 0.6 is 0 Å². The predicted molar refractivity (Wildman–Crippen MR) is 127 cm³/mol. The number of ether oxygens (including phenoxy) is 1. The van der Waals surface area contributed by atoms with Gasteiger partial charge < -0.3 is 15.0 Å². The molecule has 3 amide bonds. The van der Waals surface area contributed by atoms with Crippen molar-refractivity contribution in [2.45, 2.75) is 70.3 Å². The number of amides is 3. The molecule has 0 aliphatic heterocycles. The van der Waals surface area contributed by atoms with E-state index in [4.69, 9.17) is 4.74 Å². The number of aryl methyl sites for hydroxylation is 1. The number of imide groups is 1. The molecule has 5 aliphatic carbocycles. The molecule has 1 atom stereocenters. The second-order valence-electron chi connectivity index (χ2n) is 11.5. The number of hydrogen-bond donors (Lipinski definition) is 3. The van der Waals surface area contributed by atoms with Gasteiger partial charge in [0.25, 0.3) is 5.91 Å². The van der Waals surface area contributed by atoms with Gasteiger partial charge in [-0.25, -0.2) is 9.59 Å². The highest BCUT2D eigenvalue weighted by Gasteiger charge is 2.51. The molecule has 3 N–H and O–H groups in total. The lowest BCUT2D eigenvalue weighted by Gasteiger charge is -2.56. The summed E-state index contributed by atoms with van der Waals surface area (Å²) in [4.78, 5) is 41.0. The molecule has 7 rings (SSSR count). The summed E-state index contributed by atoms with van der Waals surface area (Å²) in [5, 5.41) is 6.52. The van der Waals surface area contributed by atoms with Crippen LogP contribution in [0.25, 0.3) is 10.9 Å². The Morgan fingerprint density at radius 3 is 2.50 bits per heavy atom. The standard InChI is InChI=1S/C27H33N3O4/c1-15-2-4-22-20(6-15)21-10-19(3-5-23(21)28-22)25(32)34-14-24(31)29-26(33)30-27-11-16-7-17(12-27)9-18(8-16)13-27/h3,5,10,15-18,28H,2,4,6-9,11-14H2,1H3,(H2,29,30,31,33)/t15-,16?,17?,18?,27?/m0/s1. The lowest BCUT2D eigenvalue weighted by Crippen LogP contribution is -2.62. The summed E-state index contributed by atoms with van der Waals surface area (Å²) in [6.07, 6.45) is 10.1. The number of carbonyl (C=O) groups is 3. The molecular formula is C27H33N3O4. The smallest absolute Gasteiger partial charge is 0.338 e. The van der Waals surface area contributed by atoms with Gasteiger partial charge >= 0.3 is 12.0 Å². The van der Waals surface area contributed by atoms with E-state index in [-0.39, 0.29) is 5.54 Å². The maximum absolute atomic E-state index is 12.6. The minimum atomic E-state index is -0.607. The number of carbonyl (C=O) groups excluding carboxylic acids is 3. The average molecular weight is 464 g/mol. The first-order valence-corrected chi connectivity index (χ1v) is 12.8. The van der Waals surface area contributed by atoms with E-state index in [2.05, 4.69) is 22.5 Å². The number of esters is 1. The zero-order chi connectivity index (χ0) is 23.4. The molecule has 7 heteroatoms. The maximum Gasteiger partial charge on any atom is 0.338 e. The van der Waals surface area contributed by atoms with Gasteiger partial charge in [0, 0.05) is 22.1 Å². The van der Waals surface area contributed by atoms with Crippen molar-refractivity contribution in [1.82, 2.24) is 15.6 Å². The number of H-pyrrole nitrogens is 1. The first-order chi connectivity index (χ1) is 16.4. The molecular weight excluding hydrogens is 430 g/mol. The second-order valence-corrected chi connectivity index (χ2v) is 11.5. The molecule has 7 nitrogen and oxygen atoms in total. The Hall–Kier alpha value is -2.83. The third-order valence-corrected chi connectivity index (χ3v) is 8.67. The van der Waals surface area contributed by atoms with Gasteiger partial charge in [0.1, 0.15) is 0 Å². The molecule has 180 valence electrons. The Morgan fingerprint density at radius 2 is 1.79 bits per heavy atom. The van der Waals surface area contributed by atoms with E-state index in [9.17, 15) is 14.4 Å². The molecule has 2 aromatic rings. The van der Waals surface area contributed by atoms with Crippen LogP contribution in [0.2, 0.25) is 0 Å². The van der Waals surface area contributed by atoms with Crippen molar-refractivity contribution in [3.8, 4) is 0 Å². The number of aromatic nitrogens is 1. The van der Waals surface area contributed by atoms with Gasteiger partial charge in [-0.15, -0.1) is 0 Å². The molecule has 0 radical (unpaired) electrons. The van der Waals surface area contributed by atoms with Gasteiger partial charge in [-0.1, -0.05) is 6.92 Å². The summed E-state index contributed by atoms with van der Waals surface area (Å²) in [5.74, 6) is 1.57. The second kappa shape index (κ2) is 8.14. The van der Waals surface area contributed by atoms with E-state index >= 15 is 0 Å². The molecule has 5 aliphatic rings. The molecule has 4 saturated carbocycles. The quantitative estimate of drug-likeness (QED) is 0.590. The predicted octanol–water partition coefficient (Wildman–Crippen LogP) is 4.24. The first kappa shape index (κ1) is 21.7. The Kier molecular flexibility index (Phi) is 5.19. The Balaban J connectivity index is 1.04. The molecule has 0 spiro atoms. The average Bonchev–Trinajstić information content (AvgIpc) is 3.13. The Labute approximate surface area is 199 Å². The third kappa shape index (κ3) is 3.99. The highest BCUT2D eigenvalue weighted by molar-refractivity contribution is 5.99. The van der Waals surface area contributed by atoms with Crippen molar-refractivity contribution in [1.29, 1.82) is 0 Å². The minimum absolute atomic E-state index is 0.168. The summed E-state index contributed by atoms with van der Waals surface area (Å²) in [6.45, 7) is 1.77. The molecule has 4 bridgehead atoms. The van der Waals surface area contributed by atoms with Crippen molar-refractivity contribution < 1.29 is 19.1 Å². The summed E-state index contributed by atoms with van der Waals surface area (Å²) < 4.78 is 5.23. The fourth-order valence-corrected chi connectivity index (χ4v) is 7.63. The Morgan fingerprint density at radius 1 is 1.09 bits per heavy atom. The fraction of sp³-hybridized carbons (Fsp3) is 0.593. The van der Waals surface area contributed by atoms with E-state index in [1.54, 1.807) is 6.07 Å². The van der Waals surface area contributed by atoms with Crippen LogP contribution in [0.5, 0.6) is 0 Å². The van der Waals surface area contributed by atoms with Gasteiger partial charge in [-0.2, -0.15) is 0 Å². The Bertz CT molecular complexity index is 1130. The zero-order valence-electron chi connectivity index (χ0n) is 19.7. The van der Waals surface area contributed by atoms with Gasteiger partial charge in [-0.3, -0.25) is 10.1 Å². The highest BCUT2D eigenvalue weighted by Crippen LogP contribution is 2.55. The molecule has 1 heterocycles. The van der Waals surface area contributed by atoms with Crippen molar-refractivity contribution in [2.24, 2.45) is 23.7 Å². The summed E-state index contributed by atoms with van der Waals surface area (Å²) in [6, 6.07) is 4.99. The van der Waals surface area contributed by atoms with E-state index < -0.39 is 24.5 Å². The lowest BCUT2D eigenvalue weighted by molar-refractivity contribution is -0.123. The van der Waals surface area contributed by atoms with Gasteiger partial charge in [0.05, 0.1) is 5.56 Å². The lowest BCUT2D eigenvalue weighted by atomic mass is 9.53. The van der Waals surface area contributed by atoms with Crippen LogP contribution in [0, 0.1) is 23.7 Å². The number of nitrogens with one attached hydrogen (secondary N) is 3. The third-order valence-electron chi connectivity index (χ3n) is 8.67. The van der Waals surface area contributed by atoms with Crippen molar-refractivity contribution >= 4 is 28.8 Å². The normalized spacial score (nSPS) is 31.2. The van der Waals surface area contributed by atoms with E-state index in [0.717, 1.165) is 43.0 Å². The summed E-state index contributed by atoms with van der Waals surface area (Å²) >= 11 is 0. The number of benzene rings is 1. The van der Waals surface area contributed by atoms with Crippen LogP contribution in [0.1, 0.15) is 73.5 Å². The van der Waals surface area contributed by atoms with Crippen LogP contribution in [0.3, 0.4) is 0 Å². The molecule has 0 saturated heterocycles. The SMILES string of the molecule is C[C@H]1CCc2[nH]c3ccc(C(=O)OCC(=O)NC(=O)NC45CC6CC(CC(C6)C4)C5)cc3c2C1. The van der Waals surface area contributed by atoms with Crippen LogP contribution in [0.4, 0.5) is 4.79 Å². The monoisotopic (exact) mass is 463 g/mol. The van der Waals surface area contributed by atoms with Crippen LogP contribution in [-0.4, -0.2) is 35.0 Å². The van der Waals surface area contributed by atoms with E-state index in [1.165, 1.54) is 36.9 Å². The summed E-state index contributed by atoms with van der Waals surface area (Å²) in [7, 11) is 0.